The number of hydrogen-bond donors (Lipinski definition) is 2. The van der Waals surface area contributed by atoms with Crippen LogP contribution in [0, 0.1) is 5.82 Å². The fraction of sp³-hybridized carbons (Fsp3) is 0.211. The molecule has 0 fully saturated rings. The standard InChI is InChI=1S/C19H20FN3O/c1-3-23(4-2)18-10-9-13(11-16(18)20)21-12-15-14-7-5-6-8-17(14)22-19(15)24/h5-12,22,24H,3-4H2,1-2H3. The summed E-state index contributed by atoms with van der Waals surface area (Å²) in [5.74, 6) is -0.239. The summed E-state index contributed by atoms with van der Waals surface area (Å²) in [4.78, 5) is 9.16. The molecule has 3 rings (SSSR count). The zero-order valence-electron chi connectivity index (χ0n) is 13.8. The van der Waals surface area contributed by atoms with E-state index in [9.17, 15) is 9.50 Å². The van der Waals surface area contributed by atoms with Crippen molar-refractivity contribution in [3.8, 4) is 5.88 Å². The van der Waals surface area contributed by atoms with Crippen LogP contribution in [-0.4, -0.2) is 29.4 Å². The third-order valence-electron chi connectivity index (χ3n) is 4.10. The highest BCUT2D eigenvalue weighted by atomic mass is 19.1. The van der Waals surface area contributed by atoms with Crippen LogP contribution in [0.4, 0.5) is 15.8 Å². The topological polar surface area (TPSA) is 51.6 Å². The van der Waals surface area contributed by atoms with Crippen LogP contribution in [0.15, 0.2) is 47.5 Å². The lowest BCUT2D eigenvalue weighted by Crippen LogP contribution is -2.22. The Hall–Kier alpha value is -2.82. The van der Waals surface area contributed by atoms with Gasteiger partial charge >= 0.3 is 0 Å². The van der Waals surface area contributed by atoms with E-state index in [0.717, 1.165) is 24.0 Å². The minimum atomic E-state index is -0.295. The summed E-state index contributed by atoms with van der Waals surface area (Å²) in [6.07, 6.45) is 1.56. The molecular formula is C19H20FN3O. The molecule has 0 aliphatic rings. The van der Waals surface area contributed by atoms with Crippen LogP contribution < -0.4 is 4.90 Å². The van der Waals surface area contributed by atoms with Crippen molar-refractivity contribution in [1.82, 2.24) is 4.98 Å². The molecule has 124 valence electrons. The second-order valence-electron chi connectivity index (χ2n) is 5.50. The number of benzene rings is 2. The van der Waals surface area contributed by atoms with Gasteiger partial charge in [-0.25, -0.2) is 4.39 Å². The number of anilines is 1. The smallest absolute Gasteiger partial charge is 0.198 e. The molecule has 2 aromatic carbocycles. The largest absolute Gasteiger partial charge is 0.494 e. The fourth-order valence-electron chi connectivity index (χ4n) is 2.82. The van der Waals surface area contributed by atoms with Crippen molar-refractivity contribution in [3.05, 3.63) is 53.8 Å². The highest BCUT2D eigenvalue weighted by Crippen LogP contribution is 2.27. The van der Waals surface area contributed by atoms with E-state index < -0.39 is 0 Å². The average molecular weight is 325 g/mol. The Labute approximate surface area is 140 Å². The predicted octanol–water partition coefficient (Wildman–Crippen LogP) is 4.61. The molecule has 1 aromatic heterocycles. The average Bonchev–Trinajstić information content (AvgIpc) is 2.91. The van der Waals surface area contributed by atoms with Crippen LogP contribution in [0.25, 0.3) is 10.9 Å². The number of rotatable bonds is 5. The van der Waals surface area contributed by atoms with Crippen molar-refractivity contribution in [2.75, 3.05) is 18.0 Å². The van der Waals surface area contributed by atoms with Gasteiger partial charge in [0.25, 0.3) is 0 Å². The minimum absolute atomic E-state index is 0.0557. The third-order valence-corrected chi connectivity index (χ3v) is 4.10. The summed E-state index contributed by atoms with van der Waals surface area (Å²) < 4.78 is 14.3. The molecule has 0 spiro atoms. The molecule has 0 atom stereocenters. The molecule has 0 unspecified atom stereocenters. The SMILES string of the molecule is CCN(CC)c1ccc(N=Cc2c(O)[nH]c3ccccc23)cc1F. The van der Waals surface area contributed by atoms with Gasteiger partial charge in [0.05, 0.1) is 16.9 Å². The van der Waals surface area contributed by atoms with Gasteiger partial charge in [-0.15, -0.1) is 0 Å². The van der Waals surface area contributed by atoms with Crippen molar-refractivity contribution >= 4 is 28.5 Å². The lowest BCUT2D eigenvalue weighted by atomic mass is 10.2. The van der Waals surface area contributed by atoms with Crippen molar-refractivity contribution in [3.63, 3.8) is 0 Å². The molecule has 2 N–H and O–H groups in total. The highest BCUT2D eigenvalue weighted by Gasteiger charge is 2.10. The van der Waals surface area contributed by atoms with Crippen molar-refractivity contribution in [1.29, 1.82) is 0 Å². The number of aromatic nitrogens is 1. The summed E-state index contributed by atoms with van der Waals surface area (Å²) >= 11 is 0. The number of para-hydroxylation sites is 1. The highest BCUT2D eigenvalue weighted by molar-refractivity contribution is 6.02. The first-order valence-corrected chi connectivity index (χ1v) is 8.02. The maximum Gasteiger partial charge on any atom is 0.198 e. The molecule has 3 aromatic rings. The molecule has 0 saturated carbocycles. The Morgan fingerprint density at radius 1 is 1.17 bits per heavy atom. The quantitative estimate of drug-likeness (QED) is 0.673. The molecule has 4 nitrogen and oxygen atoms in total. The molecule has 5 heteroatoms. The number of fused-ring (bicyclic) bond motifs is 1. The van der Waals surface area contributed by atoms with Crippen molar-refractivity contribution < 1.29 is 9.50 Å². The maximum atomic E-state index is 14.3. The van der Waals surface area contributed by atoms with E-state index in [1.54, 1.807) is 18.3 Å². The zero-order chi connectivity index (χ0) is 17.1. The molecule has 0 saturated heterocycles. The van der Waals surface area contributed by atoms with E-state index in [1.807, 2.05) is 43.0 Å². The second kappa shape index (κ2) is 6.74. The number of aromatic amines is 1. The van der Waals surface area contributed by atoms with Gasteiger partial charge in [-0.2, -0.15) is 0 Å². The van der Waals surface area contributed by atoms with Gasteiger partial charge in [-0.1, -0.05) is 18.2 Å². The summed E-state index contributed by atoms with van der Waals surface area (Å²) in [6.45, 7) is 5.49. The summed E-state index contributed by atoms with van der Waals surface area (Å²) in [5.41, 5.74) is 2.51. The first kappa shape index (κ1) is 16.1. The molecule has 0 aliphatic carbocycles. The first-order chi connectivity index (χ1) is 11.6. The van der Waals surface area contributed by atoms with Crippen LogP contribution in [0.1, 0.15) is 19.4 Å². The Balaban J connectivity index is 1.92. The van der Waals surface area contributed by atoms with Gasteiger partial charge in [0, 0.05) is 36.3 Å². The van der Waals surface area contributed by atoms with Gasteiger partial charge in [-0.05, 0) is 32.0 Å². The number of nitrogens with one attached hydrogen (secondary N) is 1. The Morgan fingerprint density at radius 2 is 1.92 bits per heavy atom. The van der Waals surface area contributed by atoms with Gasteiger partial charge in [0.15, 0.2) is 5.88 Å². The lowest BCUT2D eigenvalue weighted by Gasteiger charge is -2.21. The minimum Gasteiger partial charge on any atom is -0.494 e. The maximum absolute atomic E-state index is 14.3. The van der Waals surface area contributed by atoms with Gasteiger partial charge in [0.2, 0.25) is 0 Å². The Morgan fingerprint density at radius 3 is 2.62 bits per heavy atom. The van der Waals surface area contributed by atoms with E-state index in [-0.39, 0.29) is 11.7 Å². The van der Waals surface area contributed by atoms with E-state index in [4.69, 9.17) is 0 Å². The van der Waals surface area contributed by atoms with E-state index in [0.29, 0.717) is 16.9 Å². The monoisotopic (exact) mass is 325 g/mol. The summed E-state index contributed by atoms with van der Waals surface area (Å²) in [6, 6.07) is 12.5. The fourth-order valence-corrected chi connectivity index (χ4v) is 2.82. The Bertz CT molecular complexity index is 881. The number of halogens is 1. The number of H-pyrrole nitrogens is 1. The molecule has 0 bridgehead atoms. The number of aromatic hydroxyl groups is 1. The van der Waals surface area contributed by atoms with Crippen LogP contribution in [0.2, 0.25) is 0 Å². The Kier molecular flexibility index (Phi) is 4.51. The molecule has 0 amide bonds. The van der Waals surface area contributed by atoms with Crippen LogP contribution in [0.3, 0.4) is 0 Å². The van der Waals surface area contributed by atoms with Crippen LogP contribution >= 0.6 is 0 Å². The van der Waals surface area contributed by atoms with E-state index >= 15 is 0 Å². The third kappa shape index (κ3) is 2.97. The van der Waals surface area contributed by atoms with Crippen molar-refractivity contribution in [2.24, 2.45) is 4.99 Å². The first-order valence-electron chi connectivity index (χ1n) is 8.02. The van der Waals surface area contributed by atoms with Crippen LogP contribution in [0.5, 0.6) is 5.88 Å². The zero-order valence-corrected chi connectivity index (χ0v) is 13.8. The molecular weight excluding hydrogens is 305 g/mol. The second-order valence-corrected chi connectivity index (χ2v) is 5.50. The van der Waals surface area contributed by atoms with E-state index in [2.05, 4.69) is 9.98 Å². The normalized spacial score (nSPS) is 11.5. The predicted molar refractivity (Wildman–Crippen MR) is 97.2 cm³/mol. The van der Waals surface area contributed by atoms with Gasteiger partial charge in [-0.3, -0.25) is 4.99 Å². The van der Waals surface area contributed by atoms with Gasteiger partial charge < -0.3 is 15.0 Å². The summed E-state index contributed by atoms with van der Waals surface area (Å²) in [5, 5.41) is 10.9. The summed E-state index contributed by atoms with van der Waals surface area (Å²) in [7, 11) is 0. The number of hydrogen-bond acceptors (Lipinski definition) is 3. The lowest BCUT2D eigenvalue weighted by molar-refractivity contribution is 0.457. The molecule has 0 aliphatic heterocycles. The molecule has 24 heavy (non-hydrogen) atoms. The van der Waals surface area contributed by atoms with Crippen molar-refractivity contribution in [2.45, 2.75) is 13.8 Å². The molecule has 1 heterocycles. The van der Waals surface area contributed by atoms with E-state index in [1.165, 1.54) is 6.07 Å². The van der Waals surface area contributed by atoms with Gasteiger partial charge in [0.1, 0.15) is 5.82 Å². The molecule has 0 radical (unpaired) electrons. The number of aliphatic imine (C=N–C) groups is 1. The van der Waals surface area contributed by atoms with Crippen LogP contribution in [-0.2, 0) is 0 Å². The number of nitrogens with zero attached hydrogens (tertiary/aromatic N) is 2.